The van der Waals surface area contributed by atoms with Crippen molar-refractivity contribution in [3.05, 3.63) is 101 Å². The number of aromatic hydroxyl groups is 1. The van der Waals surface area contributed by atoms with Crippen LogP contribution in [0.15, 0.2) is 66.7 Å². The van der Waals surface area contributed by atoms with Crippen LogP contribution >= 0.6 is 0 Å². The topological polar surface area (TPSA) is 106 Å². The van der Waals surface area contributed by atoms with Gasteiger partial charge in [-0.15, -0.1) is 0 Å². The molecule has 0 radical (unpaired) electrons. The van der Waals surface area contributed by atoms with Crippen molar-refractivity contribution in [2.45, 2.75) is 32.2 Å². The molecular weight excluding hydrogens is 626 g/mol. The molecule has 4 N–H and O–H groups in total. The molecule has 2 aliphatic rings. The molecule has 3 heterocycles. The van der Waals surface area contributed by atoms with Crippen LogP contribution in [0.25, 0.3) is 22.0 Å². The first-order valence-corrected chi connectivity index (χ1v) is 16.7. The quantitative estimate of drug-likeness (QED) is 0.146. The van der Waals surface area contributed by atoms with Crippen molar-refractivity contribution in [1.29, 1.82) is 0 Å². The number of likely N-dealkylation sites (N-methyl/N-ethyl adjacent to an activating group) is 1. The summed E-state index contributed by atoms with van der Waals surface area (Å²) in [6, 6.07) is 18.5. The van der Waals surface area contributed by atoms with Gasteiger partial charge in [0.25, 0.3) is 5.91 Å². The Morgan fingerprint density at radius 3 is 2.45 bits per heavy atom. The maximum Gasteiger partial charge on any atom is 0.258 e. The molecule has 0 unspecified atom stereocenters. The zero-order chi connectivity index (χ0) is 34.1. The number of rotatable bonds is 8. The lowest BCUT2D eigenvalue weighted by molar-refractivity contribution is 0.0904. The second-order valence-corrected chi connectivity index (χ2v) is 13.1. The lowest BCUT2D eigenvalue weighted by atomic mass is 9.91. The number of ether oxygens (including phenoxy) is 1. The van der Waals surface area contributed by atoms with Gasteiger partial charge in [-0.1, -0.05) is 6.07 Å². The number of hydrogen-bond donors (Lipinski definition) is 4. The molecule has 0 aliphatic carbocycles. The summed E-state index contributed by atoms with van der Waals surface area (Å²) < 4.78 is 34.0. The monoisotopic (exact) mass is 666 g/mol. The number of aromatic nitrogens is 2. The van der Waals surface area contributed by atoms with Gasteiger partial charge in [0.05, 0.1) is 11.1 Å². The highest BCUT2D eigenvalue weighted by Gasteiger charge is 2.23. The van der Waals surface area contributed by atoms with Crippen LogP contribution in [0.3, 0.4) is 0 Å². The molecule has 0 bridgehead atoms. The average molecular weight is 667 g/mol. The van der Waals surface area contributed by atoms with Crippen LogP contribution in [-0.4, -0.2) is 78.6 Å². The number of carbonyl (C=O) groups is 1. The fourth-order valence-corrected chi connectivity index (χ4v) is 6.83. The molecule has 2 fully saturated rings. The van der Waals surface area contributed by atoms with Gasteiger partial charge in [-0.05, 0) is 116 Å². The van der Waals surface area contributed by atoms with Gasteiger partial charge >= 0.3 is 0 Å². The van der Waals surface area contributed by atoms with Crippen molar-refractivity contribution >= 4 is 34.0 Å². The first kappa shape index (κ1) is 32.5. The number of phenols is 1. The lowest BCUT2D eigenvalue weighted by Gasteiger charge is -2.34. The van der Waals surface area contributed by atoms with Crippen LogP contribution in [-0.2, 0) is 11.2 Å². The smallest absolute Gasteiger partial charge is 0.258 e. The van der Waals surface area contributed by atoms with Gasteiger partial charge in [0.15, 0.2) is 5.82 Å². The highest BCUT2D eigenvalue weighted by atomic mass is 19.1. The summed E-state index contributed by atoms with van der Waals surface area (Å²) in [6.07, 6.45) is 1.93. The third-order valence-electron chi connectivity index (χ3n) is 9.53. The minimum atomic E-state index is -0.654. The molecule has 254 valence electrons. The summed E-state index contributed by atoms with van der Waals surface area (Å²) in [5.74, 6) is -1.12. The number of nitrogens with zero attached hydrogens (tertiary/aromatic N) is 3. The van der Waals surface area contributed by atoms with Gasteiger partial charge in [0.2, 0.25) is 0 Å². The number of aromatic amines is 1. The van der Waals surface area contributed by atoms with E-state index in [1.165, 1.54) is 12.1 Å². The molecule has 7 rings (SSSR count). The van der Waals surface area contributed by atoms with Crippen molar-refractivity contribution in [3.63, 3.8) is 0 Å². The molecule has 9 nitrogen and oxygen atoms in total. The second-order valence-electron chi connectivity index (χ2n) is 13.1. The van der Waals surface area contributed by atoms with E-state index in [1.54, 1.807) is 12.1 Å². The summed E-state index contributed by atoms with van der Waals surface area (Å²) in [5, 5.41) is 24.9. The number of piperazine rings is 1. The Bertz CT molecular complexity index is 1980. The van der Waals surface area contributed by atoms with Gasteiger partial charge in [-0.25, -0.2) is 8.78 Å². The number of halogens is 2. The van der Waals surface area contributed by atoms with Gasteiger partial charge in [-0.3, -0.25) is 9.89 Å². The number of anilines is 3. The van der Waals surface area contributed by atoms with Crippen LogP contribution in [0.4, 0.5) is 26.0 Å². The molecule has 0 atom stereocenters. The Balaban J connectivity index is 1.24. The fraction of sp³-hybridized carbons (Fsp3) is 0.316. The molecule has 5 aromatic rings. The SMILES string of the molecule is Cc1cc(O)ccc1-c1cc2[nH]nc(NC(=O)c3ccc(N4CCN(C)CC4)cc3NC3CCOCC3)c2cc1Cc1cc(F)cc(F)c1. The Hall–Kier alpha value is -5.00. The van der Waals surface area contributed by atoms with E-state index in [1.807, 2.05) is 37.3 Å². The molecule has 1 aromatic heterocycles. The first-order chi connectivity index (χ1) is 23.7. The number of nitrogens with one attached hydrogen (secondary N) is 3. The van der Waals surface area contributed by atoms with Gasteiger partial charge in [0, 0.05) is 68.3 Å². The number of carbonyl (C=O) groups excluding carboxylic acids is 1. The molecule has 2 saturated heterocycles. The van der Waals surface area contributed by atoms with E-state index in [9.17, 15) is 18.7 Å². The zero-order valence-corrected chi connectivity index (χ0v) is 27.7. The Kier molecular flexibility index (Phi) is 9.20. The van der Waals surface area contributed by atoms with E-state index < -0.39 is 11.6 Å². The van der Waals surface area contributed by atoms with E-state index in [4.69, 9.17) is 4.74 Å². The maximum atomic E-state index is 14.2. The third kappa shape index (κ3) is 7.23. The summed E-state index contributed by atoms with van der Waals surface area (Å²) in [6.45, 7) is 7.01. The molecular formula is C38H40F2N6O3. The highest BCUT2D eigenvalue weighted by molar-refractivity contribution is 6.11. The average Bonchev–Trinajstić information content (AvgIpc) is 3.46. The van der Waals surface area contributed by atoms with Gasteiger partial charge in [-0.2, -0.15) is 5.10 Å². The van der Waals surface area contributed by atoms with E-state index >= 15 is 0 Å². The predicted octanol–water partition coefficient (Wildman–Crippen LogP) is 6.71. The van der Waals surface area contributed by atoms with Crippen molar-refractivity contribution in [2.24, 2.45) is 0 Å². The van der Waals surface area contributed by atoms with Gasteiger partial charge in [0.1, 0.15) is 17.4 Å². The third-order valence-corrected chi connectivity index (χ3v) is 9.53. The summed E-state index contributed by atoms with van der Waals surface area (Å²) in [4.78, 5) is 18.7. The van der Waals surface area contributed by atoms with Crippen LogP contribution in [0.2, 0.25) is 0 Å². The van der Waals surface area contributed by atoms with Gasteiger partial charge < -0.3 is 30.3 Å². The number of aryl methyl sites for hydroxylation is 1. The molecule has 11 heteroatoms. The molecule has 49 heavy (non-hydrogen) atoms. The Labute approximate surface area is 283 Å². The van der Waals surface area contributed by atoms with E-state index in [2.05, 4.69) is 43.7 Å². The molecule has 4 aromatic carbocycles. The van der Waals surface area contributed by atoms with Crippen molar-refractivity contribution < 1.29 is 23.4 Å². The summed E-state index contributed by atoms with van der Waals surface area (Å²) >= 11 is 0. The Morgan fingerprint density at radius 1 is 0.959 bits per heavy atom. The normalized spacial score (nSPS) is 15.9. The number of phenolic OH excluding ortho intramolecular Hbond substituents is 1. The largest absolute Gasteiger partial charge is 0.508 e. The molecule has 0 saturated carbocycles. The number of H-pyrrole nitrogens is 1. The maximum absolute atomic E-state index is 14.2. The number of hydrogen-bond acceptors (Lipinski definition) is 7. The van der Waals surface area contributed by atoms with Crippen molar-refractivity contribution in [2.75, 3.05) is 62.0 Å². The van der Waals surface area contributed by atoms with E-state index in [0.29, 0.717) is 41.1 Å². The molecule has 1 amide bonds. The Morgan fingerprint density at radius 2 is 1.71 bits per heavy atom. The minimum absolute atomic E-state index is 0.143. The van der Waals surface area contributed by atoms with E-state index in [-0.39, 0.29) is 24.1 Å². The number of amides is 1. The summed E-state index contributed by atoms with van der Waals surface area (Å²) in [5.41, 5.74) is 6.78. The van der Waals surface area contributed by atoms with Crippen LogP contribution in [0.5, 0.6) is 5.75 Å². The fourth-order valence-electron chi connectivity index (χ4n) is 6.83. The summed E-state index contributed by atoms with van der Waals surface area (Å²) in [7, 11) is 2.13. The lowest BCUT2D eigenvalue weighted by Crippen LogP contribution is -2.44. The standard InChI is InChI=1S/C38H40F2N6O3/c1-23-15-30(47)4-6-31(23)33-22-36-34(19-25(33)16-24-17-26(39)20-27(40)18-24)37(44-43-36)42-38(48)32-5-3-29(46-11-9-45(2)10-12-46)21-35(32)41-28-7-13-49-14-8-28/h3-6,15,17-22,28,41,47H,7-14,16H2,1-2H3,(H2,42,43,44,48). The molecule has 2 aliphatic heterocycles. The van der Waals surface area contributed by atoms with E-state index in [0.717, 1.165) is 78.7 Å². The first-order valence-electron chi connectivity index (χ1n) is 16.7. The zero-order valence-electron chi connectivity index (χ0n) is 27.7. The van der Waals surface area contributed by atoms with Crippen LogP contribution in [0, 0.1) is 18.6 Å². The minimum Gasteiger partial charge on any atom is -0.508 e. The number of benzene rings is 4. The predicted molar refractivity (Wildman–Crippen MR) is 189 cm³/mol. The van der Waals surface area contributed by atoms with Crippen molar-refractivity contribution in [1.82, 2.24) is 15.1 Å². The highest BCUT2D eigenvalue weighted by Crippen LogP contribution is 2.36. The number of fused-ring (bicyclic) bond motifs is 1. The van der Waals surface area contributed by atoms with Crippen molar-refractivity contribution in [3.8, 4) is 16.9 Å². The van der Waals surface area contributed by atoms with Crippen LogP contribution in [0.1, 0.15) is 39.9 Å². The second kappa shape index (κ2) is 13.9. The molecule has 0 spiro atoms. The van der Waals surface area contributed by atoms with Crippen LogP contribution < -0.4 is 15.5 Å².